The van der Waals surface area contributed by atoms with Gasteiger partial charge in [0.15, 0.2) is 11.6 Å². The Bertz CT molecular complexity index is 605. The van der Waals surface area contributed by atoms with E-state index in [4.69, 9.17) is 10.00 Å². The summed E-state index contributed by atoms with van der Waals surface area (Å²) in [6.45, 7) is 0.0700. The minimum Gasteiger partial charge on any atom is -0.486 e. The highest BCUT2D eigenvalue weighted by Gasteiger charge is 2.05. The fraction of sp³-hybridized carbons (Fsp3) is 0.0714. The Morgan fingerprint density at radius 1 is 1.11 bits per heavy atom. The van der Waals surface area contributed by atoms with Gasteiger partial charge in [-0.15, -0.1) is 0 Å². The minimum atomic E-state index is -0.606. The monoisotopic (exact) mass is 245 g/mol. The standard InChI is InChI=1S/C14H9F2NO/c15-12-3-1-2-11(6-12)9-18-14-5-4-10(8-17)7-13(14)16/h1-7H,9H2. The van der Waals surface area contributed by atoms with Crippen LogP contribution in [0.5, 0.6) is 5.75 Å². The lowest BCUT2D eigenvalue weighted by Gasteiger charge is -2.07. The number of rotatable bonds is 3. The van der Waals surface area contributed by atoms with E-state index in [9.17, 15) is 8.78 Å². The van der Waals surface area contributed by atoms with Crippen molar-refractivity contribution in [3.05, 3.63) is 65.2 Å². The molecule has 0 amide bonds. The summed E-state index contributed by atoms with van der Waals surface area (Å²) >= 11 is 0. The highest BCUT2D eigenvalue weighted by molar-refractivity contribution is 5.36. The summed E-state index contributed by atoms with van der Waals surface area (Å²) in [7, 11) is 0. The van der Waals surface area contributed by atoms with Crippen molar-refractivity contribution >= 4 is 0 Å². The molecule has 0 radical (unpaired) electrons. The maximum Gasteiger partial charge on any atom is 0.166 e. The van der Waals surface area contributed by atoms with Crippen molar-refractivity contribution in [2.75, 3.05) is 0 Å². The fourth-order valence-electron chi connectivity index (χ4n) is 1.48. The third-order valence-corrected chi connectivity index (χ3v) is 2.34. The molecule has 0 fully saturated rings. The van der Waals surface area contributed by atoms with Crippen molar-refractivity contribution in [3.63, 3.8) is 0 Å². The molecule has 0 N–H and O–H groups in total. The zero-order valence-corrected chi connectivity index (χ0v) is 9.36. The van der Waals surface area contributed by atoms with Gasteiger partial charge in [-0.1, -0.05) is 12.1 Å². The number of benzene rings is 2. The van der Waals surface area contributed by atoms with Crippen LogP contribution in [0, 0.1) is 23.0 Å². The van der Waals surface area contributed by atoms with Crippen LogP contribution >= 0.6 is 0 Å². The number of hydrogen-bond acceptors (Lipinski definition) is 2. The van der Waals surface area contributed by atoms with Gasteiger partial charge in [0.25, 0.3) is 0 Å². The average molecular weight is 245 g/mol. The summed E-state index contributed by atoms with van der Waals surface area (Å²) in [5.41, 5.74) is 0.837. The Kier molecular flexibility index (Phi) is 3.54. The second-order valence-electron chi connectivity index (χ2n) is 3.68. The van der Waals surface area contributed by atoms with Crippen molar-refractivity contribution in [2.24, 2.45) is 0 Å². The first-order valence-corrected chi connectivity index (χ1v) is 5.26. The molecule has 2 aromatic rings. The molecule has 2 aromatic carbocycles. The van der Waals surface area contributed by atoms with Gasteiger partial charge in [-0.2, -0.15) is 5.26 Å². The maximum atomic E-state index is 13.5. The van der Waals surface area contributed by atoms with Crippen LogP contribution in [0.25, 0.3) is 0 Å². The number of halogens is 2. The summed E-state index contributed by atoms with van der Waals surface area (Å²) in [6.07, 6.45) is 0. The molecule has 2 rings (SSSR count). The van der Waals surface area contributed by atoms with Crippen LogP contribution in [0.3, 0.4) is 0 Å². The third-order valence-electron chi connectivity index (χ3n) is 2.34. The van der Waals surface area contributed by atoms with Crippen LogP contribution in [-0.2, 0) is 6.61 Å². The lowest BCUT2D eigenvalue weighted by molar-refractivity contribution is 0.289. The Morgan fingerprint density at radius 2 is 1.94 bits per heavy atom. The number of ether oxygens (including phenoxy) is 1. The zero-order valence-electron chi connectivity index (χ0n) is 9.36. The summed E-state index contributed by atoms with van der Waals surface area (Å²) in [5, 5.41) is 8.59. The van der Waals surface area contributed by atoms with E-state index in [1.165, 1.54) is 24.3 Å². The Balaban J connectivity index is 2.09. The van der Waals surface area contributed by atoms with Gasteiger partial charge in [0.1, 0.15) is 12.4 Å². The predicted octanol–water partition coefficient (Wildman–Crippen LogP) is 3.42. The van der Waals surface area contributed by atoms with Crippen molar-refractivity contribution < 1.29 is 13.5 Å². The van der Waals surface area contributed by atoms with Gasteiger partial charge in [-0.3, -0.25) is 0 Å². The molecule has 0 atom stereocenters. The van der Waals surface area contributed by atoms with E-state index in [2.05, 4.69) is 0 Å². The van der Waals surface area contributed by atoms with E-state index in [1.54, 1.807) is 12.1 Å². The van der Waals surface area contributed by atoms with Crippen molar-refractivity contribution in [2.45, 2.75) is 6.61 Å². The highest BCUT2D eigenvalue weighted by atomic mass is 19.1. The fourth-order valence-corrected chi connectivity index (χ4v) is 1.48. The van der Waals surface area contributed by atoms with Crippen molar-refractivity contribution in [1.29, 1.82) is 5.26 Å². The lowest BCUT2D eigenvalue weighted by Crippen LogP contribution is -1.98. The summed E-state index contributed by atoms with van der Waals surface area (Å²) in [5.74, 6) is -0.930. The average Bonchev–Trinajstić information content (AvgIpc) is 2.37. The van der Waals surface area contributed by atoms with Gasteiger partial charge in [0, 0.05) is 0 Å². The SMILES string of the molecule is N#Cc1ccc(OCc2cccc(F)c2)c(F)c1. The van der Waals surface area contributed by atoms with Gasteiger partial charge < -0.3 is 4.74 Å². The second-order valence-corrected chi connectivity index (χ2v) is 3.68. The molecule has 0 saturated heterocycles. The second kappa shape index (κ2) is 5.28. The van der Waals surface area contributed by atoms with E-state index < -0.39 is 5.82 Å². The Labute approximate surface area is 103 Å². The van der Waals surface area contributed by atoms with Crippen molar-refractivity contribution in [1.82, 2.24) is 0 Å². The van der Waals surface area contributed by atoms with Gasteiger partial charge in [0.05, 0.1) is 11.6 Å². The molecule has 0 aliphatic heterocycles. The smallest absolute Gasteiger partial charge is 0.166 e. The Morgan fingerprint density at radius 3 is 2.61 bits per heavy atom. The van der Waals surface area contributed by atoms with E-state index in [0.717, 1.165) is 6.07 Å². The normalized spacial score (nSPS) is 9.83. The van der Waals surface area contributed by atoms with Gasteiger partial charge in [-0.25, -0.2) is 8.78 Å². The molecule has 0 unspecified atom stereocenters. The summed E-state index contributed by atoms with van der Waals surface area (Å²) in [6, 6.07) is 11.7. The maximum absolute atomic E-state index is 13.5. The molecule has 18 heavy (non-hydrogen) atoms. The van der Waals surface area contributed by atoms with Gasteiger partial charge in [-0.05, 0) is 35.9 Å². The number of hydrogen-bond donors (Lipinski definition) is 0. The van der Waals surface area contributed by atoms with Crippen molar-refractivity contribution in [3.8, 4) is 11.8 Å². The molecule has 0 heterocycles. The molecular weight excluding hydrogens is 236 g/mol. The van der Waals surface area contributed by atoms with E-state index in [0.29, 0.717) is 5.56 Å². The first kappa shape index (κ1) is 12.1. The molecule has 2 nitrogen and oxygen atoms in total. The van der Waals surface area contributed by atoms with Crippen LogP contribution in [0.15, 0.2) is 42.5 Å². The van der Waals surface area contributed by atoms with Crippen LogP contribution in [0.4, 0.5) is 8.78 Å². The van der Waals surface area contributed by atoms with Crippen LogP contribution in [-0.4, -0.2) is 0 Å². The number of nitrogens with zero attached hydrogens (tertiary/aromatic N) is 1. The largest absolute Gasteiger partial charge is 0.486 e. The highest BCUT2D eigenvalue weighted by Crippen LogP contribution is 2.19. The predicted molar refractivity (Wildman–Crippen MR) is 61.8 cm³/mol. The summed E-state index contributed by atoms with van der Waals surface area (Å²) < 4.78 is 31.6. The molecule has 0 aromatic heterocycles. The Hall–Kier alpha value is -2.41. The molecule has 0 bridgehead atoms. The summed E-state index contributed by atoms with van der Waals surface area (Å²) in [4.78, 5) is 0. The molecule has 0 saturated carbocycles. The third kappa shape index (κ3) is 2.83. The minimum absolute atomic E-state index is 0.0401. The first-order chi connectivity index (χ1) is 8.69. The van der Waals surface area contributed by atoms with Gasteiger partial charge >= 0.3 is 0 Å². The van der Waals surface area contributed by atoms with E-state index >= 15 is 0 Å². The van der Waals surface area contributed by atoms with Crippen LogP contribution < -0.4 is 4.74 Å². The number of nitriles is 1. The molecule has 0 aliphatic rings. The molecule has 4 heteroatoms. The molecule has 90 valence electrons. The molecule has 0 spiro atoms. The quantitative estimate of drug-likeness (QED) is 0.830. The van der Waals surface area contributed by atoms with E-state index in [1.807, 2.05) is 6.07 Å². The zero-order chi connectivity index (χ0) is 13.0. The van der Waals surface area contributed by atoms with Gasteiger partial charge in [0.2, 0.25) is 0 Å². The topological polar surface area (TPSA) is 33.0 Å². The van der Waals surface area contributed by atoms with Crippen LogP contribution in [0.2, 0.25) is 0 Å². The molecule has 0 aliphatic carbocycles. The van der Waals surface area contributed by atoms with Crippen LogP contribution in [0.1, 0.15) is 11.1 Å². The first-order valence-electron chi connectivity index (χ1n) is 5.26. The van der Waals surface area contributed by atoms with E-state index in [-0.39, 0.29) is 23.7 Å². The lowest BCUT2D eigenvalue weighted by atomic mass is 10.2. The molecular formula is C14H9F2NO.